The van der Waals surface area contributed by atoms with Crippen molar-refractivity contribution in [3.63, 3.8) is 0 Å². The molecule has 0 saturated carbocycles. The quantitative estimate of drug-likeness (QED) is 0.784. The fourth-order valence-corrected chi connectivity index (χ4v) is 1.95. The van der Waals surface area contributed by atoms with E-state index in [9.17, 15) is 0 Å². The van der Waals surface area contributed by atoms with Crippen molar-refractivity contribution in [1.29, 1.82) is 0 Å². The van der Waals surface area contributed by atoms with Gasteiger partial charge in [0.25, 0.3) is 5.69 Å². The second kappa shape index (κ2) is 6.10. The van der Waals surface area contributed by atoms with Crippen LogP contribution in [0.15, 0.2) is 4.52 Å². The molecular formula is C11H23ClN4O. The van der Waals surface area contributed by atoms with E-state index in [4.69, 9.17) is 10.3 Å². The Balaban J connectivity index is 0.00000256. The summed E-state index contributed by atoms with van der Waals surface area (Å²) >= 11 is 0. The van der Waals surface area contributed by atoms with E-state index in [-0.39, 0.29) is 24.2 Å². The monoisotopic (exact) mass is 262 g/mol. The van der Waals surface area contributed by atoms with Gasteiger partial charge in [0.2, 0.25) is 5.27 Å². The summed E-state index contributed by atoms with van der Waals surface area (Å²) in [6.07, 6.45) is 0. The van der Waals surface area contributed by atoms with Crippen molar-refractivity contribution < 1.29 is 9.31 Å². The molecule has 0 spiro atoms. The molecule has 0 aromatic carbocycles. The molecule has 0 amide bonds. The van der Waals surface area contributed by atoms with Gasteiger partial charge in [0, 0.05) is 5.92 Å². The third-order valence-electron chi connectivity index (χ3n) is 2.48. The van der Waals surface area contributed by atoms with Gasteiger partial charge in [-0.1, -0.05) is 13.8 Å². The molecule has 100 valence electrons. The number of aromatic nitrogens is 2. The Morgan fingerprint density at radius 2 is 1.59 bits per heavy atom. The predicted octanol–water partition coefficient (Wildman–Crippen LogP) is 2.95. The molecule has 0 unspecified atom stereocenters. The zero-order chi connectivity index (χ0) is 12.5. The van der Waals surface area contributed by atoms with E-state index in [0.29, 0.717) is 12.1 Å². The Bertz CT molecular complexity index is 341. The molecule has 6 heteroatoms. The number of nitrogens with zero attached hydrogens (tertiary/aromatic N) is 3. The van der Waals surface area contributed by atoms with Gasteiger partial charge >= 0.3 is 0 Å². The largest absolute Gasteiger partial charge is 0.660 e. The average molecular weight is 263 g/mol. The molecule has 1 aromatic heterocycles. The minimum absolute atomic E-state index is 0. The summed E-state index contributed by atoms with van der Waals surface area (Å²) in [7, 11) is 0. The molecule has 1 heterocycles. The van der Waals surface area contributed by atoms with Crippen molar-refractivity contribution in [2.75, 3.05) is 5.01 Å². The minimum atomic E-state index is 0. The lowest BCUT2D eigenvalue weighted by molar-refractivity contribution is -0.771. The average Bonchev–Trinajstić information content (AvgIpc) is 2.46. The molecule has 0 aliphatic rings. The van der Waals surface area contributed by atoms with Crippen LogP contribution in [0.3, 0.4) is 0 Å². The minimum Gasteiger partial charge on any atom is -0.660 e. The SMILES string of the molecule is CC(C)c1c([NH-])on[n+]1N(C(C)C)C(C)C.Cl. The Morgan fingerprint density at radius 1 is 1.12 bits per heavy atom. The number of halogens is 1. The van der Waals surface area contributed by atoms with Crippen LogP contribution < -0.4 is 9.80 Å². The molecule has 0 fully saturated rings. The molecule has 1 rings (SSSR count). The van der Waals surface area contributed by atoms with Crippen molar-refractivity contribution in [3.8, 4) is 0 Å². The van der Waals surface area contributed by atoms with E-state index in [1.165, 1.54) is 0 Å². The number of nitrogens with one attached hydrogen (secondary N) is 1. The second-order valence-electron chi connectivity index (χ2n) is 4.90. The highest BCUT2D eigenvalue weighted by Gasteiger charge is 2.31. The summed E-state index contributed by atoms with van der Waals surface area (Å²) in [4.78, 5) is 1.74. The first-order chi connectivity index (χ1) is 7.36. The van der Waals surface area contributed by atoms with Gasteiger partial charge in [-0.2, -0.15) is 0 Å². The molecule has 1 N–H and O–H groups in total. The van der Waals surface area contributed by atoms with Crippen LogP contribution in [0.4, 0.5) is 5.88 Å². The van der Waals surface area contributed by atoms with Crippen LogP contribution >= 0.6 is 12.4 Å². The number of hydrogen-bond acceptors (Lipinski definition) is 3. The molecule has 5 nitrogen and oxygen atoms in total. The maximum atomic E-state index is 7.72. The van der Waals surface area contributed by atoms with E-state index < -0.39 is 0 Å². The molecule has 0 aliphatic carbocycles. The van der Waals surface area contributed by atoms with Crippen LogP contribution in [0.25, 0.3) is 5.73 Å². The molecule has 17 heavy (non-hydrogen) atoms. The lowest BCUT2D eigenvalue weighted by Crippen LogP contribution is -2.67. The third kappa shape index (κ3) is 3.25. The number of hydrogen-bond donors (Lipinski definition) is 0. The lowest BCUT2D eigenvalue weighted by Gasteiger charge is -2.23. The summed E-state index contributed by atoms with van der Waals surface area (Å²) in [5.74, 6) is 0.375. The highest BCUT2D eigenvalue weighted by molar-refractivity contribution is 5.85. The smallest absolute Gasteiger partial charge is 0.271 e. The van der Waals surface area contributed by atoms with E-state index in [1.54, 1.807) is 4.79 Å². The van der Waals surface area contributed by atoms with Crippen LogP contribution in [-0.2, 0) is 0 Å². The van der Waals surface area contributed by atoms with Crippen molar-refractivity contribution in [2.45, 2.75) is 59.5 Å². The molecule has 0 atom stereocenters. The maximum Gasteiger partial charge on any atom is 0.271 e. The lowest BCUT2D eigenvalue weighted by atomic mass is 10.1. The standard InChI is InChI=1S/C11H22N4O.ClH/c1-7(2)10-11(12)16-13-15(10)14(8(3)4)9(5)6;/h7-9,12H,1-6H3;1H. The van der Waals surface area contributed by atoms with Gasteiger partial charge in [-0.3, -0.25) is 0 Å². The van der Waals surface area contributed by atoms with E-state index >= 15 is 0 Å². The maximum absolute atomic E-state index is 7.72. The molecule has 1 aromatic rings. The molecular weight excluding hydrogens is 240 g/mol. The first kappa shape index (κ1) is 16.0. The van der Waals surface area contributed by atoms with Gasteiger partial charge in [0.15, 0.2) is 0 Å². The van der Waals surface area contributed by atoms with Crippen LogP contribution in [0, 0.1) is 0 Å². The summed E-state index contributed by atoms with van der Waals surface area (Å²) in [6.45, 7) is 12.5. The molecule has 0 radical (unpaired) electrons. The van der Waals surface area contributed by atoms with Gasteiger partial charge in [-0.05, 0) is 27.7 Å². The normalized spacial score (nSPS) is 11.1. The van der Waals surface area contributed by atoms with Gasteiger partial charge in [0.05, 0.1) is 16.9 Å². The fourth-order valence-electron chi connectivity index (χ4n) is 1.95. The Kier molecular flexibility index (Phi) is 5.75. The van der Waals surface area contributed by atoms with Crippen molar-refractivity contribution in [1.82, 2.24) is 5.27 Å². The van der Waals surface area contributed by atoms with Crippen molar-refractivity contribution >= 4 is 18.3 Å². The highest BCUT2D eigenvalue weighted by Crippen LogP contribution is 2.21. The Morgan fingerprint density at radius 3 is 1.94 bits per heavy atom. The first-order valence-electron chi connectivity index (χ1n) is 5.78. The Hall–Kier alpha value is -0.970. The van der Waals surface area contributed by atoms with Gasteiger partial charge in [0.1, 0.15) is 5.88 Å². The van der Waals surface area contributed by atoms with E-state index in [0.717, 1.165) is 5.69 Å². The summed E-state index contributed by atoms with van der Waals surface area (Å²) in [5, 5.41) is 6.07. The second-order valence-corrected chi connectivity index (χ2v) is 4.90. The van der Waals surface area contributed by atoms with E-state index in [1.807, 2.05) is 13.8 Å². The third-order valence-corrected chi connectivity index (χ3v) is 2.48. The van der Waals surface area contributed by atoms with E-state index in [2.05, 4.69) is 38.0 Å². The number of rotatable bonds is 4. The van der Waals surface area contributed by atoms with Crippen LogP contribution in [0.5, 0.6) is 0 Å². The van der Waals surface area contributed by atoms with Gasteiger partial charge < -0.3 is 10.3 Å². The zero-order valence-corrected chi connectivity index (χ0v) is 12.2. The Labute approximate surface area is 109 Å². The van der Waals surface area contributed by atoms with Crippen LogP contribution in [-0.4, -0.2) is 17.4 Å². The fraction of sp³-hybridized carbons (Fsp3) is 0.818. The summed E-state index contributed by atoms with van der Waals surface area (Å²) < 4.78 is 4.98. The zero-order valence-electron chi connectivity index (χ0n) is 11.4. The highest BCUT2D eigenvalue weighted by atomic mass is 35.5. The molecule has 0 saturated heterocycles. The van der Waals surface area contributed by atoms with Gasteiger partial charge in [-0.25, -0.2) is 0 Å². The topological polar surface area (TPSA) is 57.0 Å². The van der Waals surface area contributed by atoms with Gasteiger partial charge in [-0.15, -0.1) is 17.4 Å². The first-order valence-corrected chi connectivity index (χ1v) is 5.78. The van der Waals surface area contributed by atoms with Crippen LogP contribution in [0.1, 0.15) is 53.2 Å². The van der Waals surface area contributed by atoms with Crippen LogP contribution in [0.2, 0.25) is 0 Å². The van der Waals surface area contributed by atoms with Crippen molar-refractivity contribution in [3.05, 3.63) is 11.4 Å². The van der Waals surface area contributed by atoms with Crippen molar-refractivity contribution in [2.24, 2.45) is 0 Å². The summed E-state index contributed by atoms with van der Waals surface area (Å²) in [5.41, 5.74) is 8.54. The molecule has 0 bridgehead atoms. The summed E-state index contributed by atoms with van der Waals surface area (Å²) in [6, 6.07) is 0.624. The predicted molar refractivity (Wildman–Crippen MR) is 70.5 cm³/mol. The molecule has 0 aliphatic heterocycles.